The van der Waals surface area contributed by atoms with E-state index in [1.54, 1.807) is 24.3 Å². The van der Waals surface area contributed by atoms with Crippen molar-refractivity contribution in [3.05, 3.63) is 82.7 Å². The maximum atomic E-state index is 12.3. The van der Waals surface area contributed by atoms with Crippen molar-refractivity contribution in [1.82, 2.24) is 5.16 Å². The Morgan fingerprint density at radius 1 is 1.08 bits per heavy atom. The number of esters is 1. The second-order valence-electron chi connectivity index (χ2n) is 6.07. The second-order valence-corrected chi connectivity index (χ2v) is 6.07. The molecule has 0 saturated heterocycles. The molecule has 1 atom stereocenters. The standard InChI is InChI=1S/C21H21NO4/c1-14-20(16(3)26-22-14)13-24-19-11-9-18(10-12-19)21(23)25-15(2)17-7-5-4-6-8-17/h4-12,15H,13H2,1-3H3/t15-/m0/s1. The van der Waals surface area contributed by atoms with Crippen molar-refractivity contribution >= 4 is 5.97 Å². The van der Waals surface area contributed by atoms with Crippen LogP contribution in [0.4, 0.5) is 0 Å². The highest BCUT2D eigenvalue weighted by molar-refractivity contribution is 5.89. The first-order valence-corrected chi connectivity index (χ1v) is 8.45. The molecule has 1 heterocycles. The smallest absolute Gasteiger partial charge is 0.338 e. The van der Waals surface area contributed by atoms with Crippen LogP contribution in [0.15, 0.2) is 59.1 Å². The van der Waals surface area contributed by atoms with Crippen molar-refractivity contribution in [2.45, 2.75) is 33.5 Å². The fourth-order valence-corrected chi connectivity index (χ4v) is 2.57. The van der Waals surface area contributed by atoms with Crippen LogP contribution in [0.5, 0.6) is 5.75 Å². The van der Waals surface area contributed by atoms with E-state index >= 15 is 0 Å². The molecule has 3 aromatic rings. The number of aryl methyl sites for hydroxylation is 2. The van der Waals surface area contributed by atoms with Crippen LogP contribution < -0.4 is 4.74 Å². The minimum Gasteiger partial charge on any atom is -0.489 e. The number of carbonyl (C=O) groups is 1. The molecule has 0 aliphatic heterocycles. The normalized spacial score (nSPS) is 11.8. The molecule has 0 aliphatic carbocycles. The zero-order valence-electron chi connectivity index (χ0n) is 15.1. The second kappa shape index (κ2) is 7.87. The lowest BCUT2D eigenvalue weighted by Gasteiger charge is -2.13. The summed E-state index contributed by atoms with van der Waals surface area (Å²) in [5.41, 5.74) is 3.19. The number of nitrogens with zero attached hydrogens (tertiary/aromatic N) is 1. The van der Waals surface area contributed by atoms with E-state index in [1.807, 2.05) is 51.1 Å². The van der Waals surface area contributed by atoms with Gasteiger partial charge in [0.15, 0.2) is 0 Å². The van der Waals surface area contributed by atoms with Crippen LogP contribution in [-0.2, 0) is 11.3 Å². The molecule has 0 N–H and O–H groups in total. The Morgan fingerprint density at radius 3 is 2.38 bits per heavy atom. The maximum absolute atomic E-state index is 12.3. The molecule has 1 aromatic heterocycles. The van der Waals surface area contributed by atoms with Gasteiger partial charge in [0.25, 0.3) is 0 Å². The fraction of sp³-hybridized carbons (Fsp3) is 0.238. The van der Waals surface area contributed by atoms with Crippen molar-refractivity contribution in [2.75, 3.05) is 0 Å². The van der Waals surface area contributed by atoms with E-state index in [0.29, 0.717) is 17.9 Å². The van der Waals surface area contributed by atoms with Crippen LogP contribution in [0.3, 0.4) is 0 Å². The third-order valence-corrected chi connectivity index (χ3v) is 4.21. The van der Waals surface area contributed by atoms with Gasteiger partial charge in [0.2, 0.25) is 0 Å². The van der Waals surface area contributed by atoms with E-state index in [-0.39, 0.29) is 12.1 Å². The van der Waals surface area contributed by atoms with Crippen LogP contribution in [0.25, 0.3) is 0 Å². The van der Waals surface area contributed by atoms with Crippen LogP contribution in [0.1, 0.15) is 46.0 Å². The zero-order valence-corrected chi connectivity index (χ0v) is 15.1. The summed E-state index contributed by atoms with van der Waals surface area (Å²) in [6.07, 6.45) is -0.306. The number of benzene rings is 2. The predicted molar refractivity (Wildman–Crippen MR) is 97.0 cm³/mol. The number of aromatic nitrogens is 1. The highest BCUT2D eigenvalue weighted by Gasteiger charge is 2.14. The average Bonchev–Trinajstić information content (AvgIpc) is 2.99. The largest absolute Gasteiger partial charge is 0.489 e. The third-order valence-electron chi connectivity index (χ3n) is 4.21. The Hall–Kier alpha value is -3.08. The molecule has 0 bridgehead atoms. The van der Waals surface area contributed by atoms with E-state index in [4.69, 9.17) is 14.0 Å². The molecule has 0 radical (unpaired) electrons. The van der Waals surface area contributed by atoms with Crippen molar-refractivity contribution in [3.8, 4) is 5.75 Å². The minimum atomic E-state index is -0.362. The molecule has 0 amide bonds. The summed E-state index contributed by atoms with van der Waals surface area (Å²) in [4.78, 5) is 12.3. The Labute approximate surface area is 152 Å². The topological polar surface area (TPSA) is 61.6 Å². The van der Waals surface area contributed by atoms with Crippen LogP contribution in [-0.4, -0.2) is 11.1 Å². The van der Waals surface area contributed by atoms with Gasteiger partial charge in [-0.15, -0.1) is 0 Å². The number of hydrogen-bond acceptors (Lipinski definition) is 5. The van der Waals surface area contributed by atoms with Gasteiger partial charge in [0.1, 0.15) is 24.2 Å². The monoisotopic (exact) mass is 351 g/mol. The summed E-state index contributed by atoms with van der Waals surface area (Å²) in [5, 5.41) is 3.90. The molecule has 0 saturated carbocycles. The molecule has 26 heavy (non-hydrogen) atoms. The van der Waals surface area contributed by atoms with E-state index in [9.17, 15) is 4.79 Å². The molecule has 0 spiro atoms. The van der Waals surface area contributed by atoms with Gasteiger partial charge in [0.05, 0.1) is 16.8 Å². The third kappa shape index (κ3) is 4.11. The SMILES string of the molecule is Cc1noc(C)c1COc1ccc(C(=O)O[C@@H](C)c2ccccc2)cc1. The van der Waals surface area contributed by atoms with Crippen LogP contribution in [0.2, 0.25) is 0 Å². The molecule has 2 aromatic carbocycles. The van der Waals surface area contributed by atoms with Gasteiger partial charge in [-0.25, -0.2) is 4.79 Å². The van der Waals surface area contributed by atoms with Crippen molar-refractivity contribution < 1.29 is 18.8 Å². The molecular weight excluding hydrogens is 330 g/mol. The summed E-state index contributed by atoms with van der Waals surface area (Å²) in [6.45, 7) is 5.96. The average molecular weight is 351 g/mol. The van der Waals surface area contributed by atoms with E-state index in [2.05, 4.69) is 5.16 Å². The highest BCUT2D eigenvalue weighted by atomic mass is 16.5. The first-order chi connectivity index (χ1) is 12.5. The van der Waals surface area contributed by atoms with E-state index < -0.39 is 0 Å². The molecule has 0 fully saturated rings. The van der Waals surface area contributed by atoms with Crippen molar-refractivity contribution in [2.24, 2.45) is 0 Å². The molecule has 3 rings (SSSR count). The highest BCUT2D eigenvalue weighted by Crippen LogP contribution is 2.21. The van der Waals surface area contributed by atoms with Gasteiger partial charge >= 0.3 is 5.97 Å². The van der Waals surface area contributed by atoms with Crippen molar-refractivity contribution in [3.63, 3.8) is 0 Å². The zero-order chi connectivity index (χ0) is 18.5. The Balaban J connectivity index is 1.59. The quantitative estimate of drug-likeness (QED) is 0.598. The lowest BCUT2D eigenvalue weighted by Crippen LogP contribution is -2.09. The number of ether oxygens (including phenoxy) is 2. The van der Waals surface area contributed by atoms with Gasteiger partial charge in [0, 0.05) is 0 Å². The summed E-state index contributed by atoms with van der Waals surface area (Å²) >= 11 is 0. The summed E-state index contributed by atoms with van der Waals surface area (Å²) in [5.74, 6) is 1.05. The van der Waals surface area contributed by atoms with Gasteiger partial charge in [-0.05, 0) is 50.6 Å². The van der Waals surface area contributed by atoms with Crippen LogP contribution in [0, 0.1) is 13.8 Å². The molecule has 0 aliphatic rings. The number of carbonyl (C=O) groups excluding carboxylic acids is 1. The fourth-order valence-electron chi connectivity index (χ4n) is 2.57. The first-order valence-electron chi connectivity index (χ1n) is 8.45. The Morgan fingerprint density at radius 2 is 1.77 bits per heavy atom. The summed E-state index contributed by atoms with van der Waals surface area (Å²) in [7, 11) is 0. The lowest BCUT2D eigenvalue weighted by atomic mass is 10.1. The first kappa shape index (κ1) is 17.7. The number of hydrogen-bond donors (Lipinski definition) is 0. The van der Waals surface area contributed by atoms with Crippen molar-refractivity contribution in [1.29, 1.82) is 0 Å². The molecule has 5 heteroatoms. The predicted octanol–water partition coefficient (Wildman–Crippen LogP) is 4.79. The molecule has 134 valence electrons. The number of rotatable bonds is 6. The van der Waals surface area contributed by atoms with Gasteiger partial charge < -0.3 is 14.0 Å². The molecule has 5 nitrogen and oxygen atoms in total. The van der Waals surface area contributed by atoms with E-state index in [0.717, 1.165) is 22.6 Å². The van der Waals surface area contributed by atoms with Gasteiger partial charge in [-0.1, -0.05) is 35.5 Å². The maximum Gasteiger partial charge on any atom is 0.338 e. The summed E-state index contributed by atoms with van der Waals surface area (Å²) < 4.78 is 16.4. The molecular formula is C21H21NO4. The summed E-state index contributed by atoms with van der Waals surface area (Å²) in [6, 6.07) is 16.5. The Bertz CT molecular complexity index is 849. The van der Waals surface area contributed by atoms with Gasteiger partial charge in [-0.2, -0.15) is 0 Å². The Kier molecular flexibility index (Phi) is 5.37. The lowest BCUT2D eigenvalue weighted by molar-refractivity contribution is 0.0338. The van der Waals surface area contributed by atoms with Crippen LogP contribution >= 0.6 is 0 Å². The molecule has 0 unspecified atom stereocenters. The minimum absolute atomic E-state index is 0.306. The van der Waals surface area contributed by atoms with E-state index in [1.165, 1.54) is 0 Å². The van der Waals surface area contributed by atoms with Gasteiger partial charge in [-0.3, -0.25) is 0 Å².